The zero-order chi connectivity index (χ0) is 13.9. The smallest absolute Gasteiger partial charge is 0.226 e. The first-order valence-corrected chi connectivity index (χ1v) is 7.28. The molecular weight excluding hydrogens is 276 g/mol. The molecule has 5 nitrogen and oxygen atoms in total. The molecule has 20 heavy (non-hydrogen) atoms. The Morgan fingerprint density at radius 2 is 1.90 bits per heavy atom. The number of carbonyl (C=O) groups excluding carboxylic acids is 1. The number of nitrogens with zero attached hydrogens (tertiary/aromatic N) is 4. The van der Waals surface area contributed by atoms with Crippen molar-refractivity contribution in [2.75, 3.05) is 31.1 Å². The zero-order valence-corrected chi connectivity index (χ0v) is 12.0. The van der Waals surface area contributed by atoms with Crippen LogP contribution in [0.2, 0.25) is 5.02 Å². The van der Waals surface area contributed by atoms with Crippen LogP contribution < -0.4 is 4.90 Å². The molecule has 1 aromatic rings. The Hall–Kier alpha value is -1.62. The van der Waals surface area contributed by atoms with Gasteiger partial charge in [-0.25, -0.2) is 9.97 Å². The molecule has 3 rings (SSSR count). The fourth-order valence-electron chi connectivity index (χ4n) is 2.75. The lowest BCUT2D eigenvalue weighted by Crippen LogP contribution is -2.50. The van der Waals surface area contributed by atoms with E-state index < -0.39 is 0 Å². The van der Waals surface area contributed by atoms with Crippen molar-refractivity contribution >= 4 is 23.3 Å². The van der Waals surface area contributed by atoms with E-state index in [0.717, 1.165) is 44.8 Å². The lowest BCUT2D eigenvalue weighted by atomic mass is 10.1. The summed E-state index contributed by atoms with van der Waals surface area (Å²) in [4.78, 5) is 24.5. The quantitative estimate of drug-likeness (QED) is 0.779. The SMILES string of the molecule is O=C(C1CC=CC1)N1CCN(c2ncncc2Cl)CC1. The summed E-state index contributed by atoms with van der Waals surface area (Å²) in [6.07, 6.45) is 9.07. The van der Waals surface area contributed by atoms with Crippen molar-refractivity contribution < 1.29 is 4.79 Å². The lowest BCUT2D eigenvalue weighted by Gasteiger charge is -2.36. The first-order valence-electron chi connectivity index (χ1n) is 6.90. The van der Waals surface area contributed by atoms with Crippen molar-refractivity contribution in [3.05, 3.63) is 29.7 Å². The molecule has 6 heteroatoms. The molecule has 1 amide bonds. The van der Waals surface area contributed by atoms with Crippen molar-refractivity contribution in [1.82, 2.24) is 14.9 Å². The number of carbonyl (C=O) groups is 1. The number of halogens is 1. The minimum Gasteiger partial charge on any atom is -0.352 e. The summed E-state index contributed by atoms with van der Waals surface area (Å²) in [5.41, 5.74) is 0. The maximum Gasteiger partial charge on any atom is 0.226 e. The van der Waals surface area contributed by atoms with Gasteiger partial charge in [-0.15, -0.1) is 0 Å². The summed E-state index contributed by atoms with van der Waals surface area (Å²) >= 11 is 6.10. The molecule has 1 aliphatic carbocycles. The van der Waals surface area contributed by atoms with Gasteiger partial charge < -0.3 is 9.80 Å². The van der Waals surface area contributed by atoms with E-state index in [-0.39, 0.29) is 11.8 Å². The van der Waals surface area contributed by atoms with E-state index in [4.69, 9.17) is 11.6 Å². The summed E-state index contributed by atoms with van der Waals surface area (Å²) in [6, 6.07) is 0. The van der Waals surface area contributed by atoms with Gasteiger partial charge in [-0.05, 0) is 12.8 Å². The first kappa shape index (κ1) is 13.4. The van der Waals surface area contributed by atoms with Gasteiger partial charge in [0.25, 0.3) is 0 Å². The molecule has 2 heterocycles. The van der Waals surface area contributed by atoms with Crippen molar-refractivity contribution in [3.63, 3.8) is 0 Å². The number of rotatable bonds is 2. The summed E-state index contributed by atoms with van der Waals surface area (Å²) in [5, 5.41) is 0.562. The molecule has 2 aliphatic rings. The molecule has 0 saturated carbocycles. The monoisotopic (exact) mass is 292 g/mol. The Morgan fingerprint density at radius 3 is 2.55 bits per heavy atom. The number of hydrogen-bond donors (Lipinski definition) is 0. The molecule has 1 aliphatic heterocycles. The predicted octanol–water partition coefficient (Wildman–Crippen LogP) is 1.74. The van der Waals surface area contributed by atoms with E-state index in [0.29, 0.717) is 5.02 Å². The van der Waals surface area contributed by atoms with Gasteiger partial charge in [-0.2, -0.15) is 0 Å². The van der Waals surface area contributed by atoms with Gasteiger partial charge in [0.2, 0.25) is 5.91 Å². The van der Waals surface area contributed by atoms with Crippen molar-refractivity contribution in [2.45, 2.75) is 12.8 Å². The third kappa shape index (κ3) is 2.63. The normalized spacial score (nSPS) is 19.6. The molecule has 1 saturated heterocycles. The number of anilines is 1. The van der Waals surface area contributed by atoms with Crippen molar-refractivity contribution in [3.8, 4) is 0 Å². The van der Waals surface area contributed by atoms with Crippen LogP contribution in [0.15, 0.2) is 24.7 Å². The Balaban J connectivity index is 1.59. The molecule has 0 atom stereocenters. The van der Waals surface area contributed by atoms with E-state index in [1.54, 1.807) is 6.20 Å². The fraction of sp³-hybridized carbons (Fsp3) is 0.500. The van der Waals surface area contributed by atoms with Gasteiger partial charge in [-0.3, -0.25) is 4.79 Å². The van der Waals surface area contributed by atoms with Gasteiger partial charge in [0, 0.05) is 32.1 Å². The Bertz CT molecular complexity index is 518. The molecule has 0 bridgehead atoms. The molecule has 1 fully saturated rings. The third-order valence-electron chi connectivity index (χ3n) is 3.90. The van der Waals surface area contributed by atoms with Crippen LogP contribution in [-0.2, 0) is 4.79 Å². The number of amides is 1. The lowest BCUT2D eigenvalue weighted by molar-refractivity contribution is -0.135. The van der Waals surface area contributed by atoms with Crippen LogP contribution in [0, 0.1) is 5.92 Å². The molecule has 1 aromatic heterocycles. The second-order valence-corrected chi connectivity index (χ2v) is 5.55. The van der Waals surface area contributed by atoms with Crippen LogP contribution in [0.3, 0.4) is 0 Å². The Labute approximate surface area is 123 Å². The minimum absolute atomic E-state index is 0.157. The van der Waals surface area contributed by atoms with Gasteiger partial charge in [-0.1, -0.05) is 23.8 Å². The van der Waals surface area contributed by atoms with Crippen LogP contribution in [0.25, 0.3) is 0 Å². The number of aromatic nitrogens is 2. The van der Waals surface area contributed by atoms with Crippen LogP contribution in [0.1, 0.15) is 12.8 Å². The van der Waals surface area contributed by atoms with Crippen LogP contribution in [0.4, 0.5) is 5.82 Å². The van der Waals surface area contributed by atoms with Gasteiger partial charge in [0.05, 0.1) is 6.20 Å². The Kier molecular flexibility index (Phi) is 3.87. The largest absolute Gasteiger partial charge is 0.352 e. The molecule has 106 valence electrons. The molecule has 0 spiro atoms. The summed E-state index contributed by atoms with van der Waals surface area (Å²) in [7, 11) is 0. The highest BCUT2D eigenvalue weighted by Gasteiger charge is 2.28. The molecule has 0 radical (unpaired) electrons. The van der Waals surface area contributed by atoms with Crippen molar-refractivity contribution in [1.29, 1.82) is 0 Å². The highest BCUT2D eigenvalue weighted by atomic mass is 35.5. The molecule has 0 aromatic carbocycles. The van der Waals surface area contributed by atoms with E-state index in [2.05, 4.69) is 27.0 Å². The zero-order valence-electron chi connectivity index (χ0n) is 11.2. The molecule has 0 unspecified atom stereocenters. The van der Waals surface area contributed by atoms with E-state index in [1.165, 1.54) is 6.33 Å². The summed E-state index contributed by atoms with van der Waals surface area (Å²) < 4.78 is 0. The van der Waals surface area contributed by atoms with Crippen molar-refractivity contribution in [2.24, 2.45) is 5.92 Å². The van der Waals surface area contributed by atoms with Gasteiger partial charge in [0.1, 0.15) is 11.3 Å². The second kappa shape index (κ2) is 5.79. The third-order valence-corrected chi connectivity index (χ3v) is 4.16. The number of hydrogen-bond acceptors (Lipinski definition) is 4. The standard InChI is InChI=1S/C14H17ClN4O/c15-12-9-16-10-17-13(12)18-5-7-19(8-6-18)14(20)11-3-1-2-4-11/h1-2,9-11H,3-8H2. The minimum atomic E-state index is 0.157. The first-order chi connectivity index (χ1) is 9.75. The number of piperazine rings is 1. The van der Waals surface area contributed by atoms with Crippen LogP contribution in [-0.4, -0.2) is 47.0 Å². The Morgan fingerprint density at radius 1 is 1.20 bits per heavy atom. The topological polar surface area (TPSA) is 49.3 Å². The van der Waals surface area contributed by atoms with Gasteiger partial charge >= 0.3 is 0 Å². The van der Waals surface area contributed by atoms with Crippen LogP contribution in [0.5, 0.6) is 0 Å². The van der Waals surface area contributed by atoms with Gasteiger partial charge in [0.15, 0.2) is 5.82 Å². The maximum absolute atomic E-state index is 12.3. The fourth-order valence-corrected chi connectivity index (χ4v) is 2.98. The summed E-state index contributed by atoms with van der Waals surface area (Å²) in [6.45, 7) is 3.00. The molecule has 0 N–H and O–H groups in total. The predicted molar refractivity (Wildman–Crippen MR) is 77.7 cm³/mol. The highest BCUT2D eigenvalue weighted by molar-refractivity contribution is 6.32. The summed E-state index contributed by atoms with van der Waals surface area (Å²) in [5.74, 6) is 1.20. The van der Waals surface area contributed by atoms with E-state index in [1.807, 2.05) is 4.90 Å². The van der Waals surface area contributed by atoms with E-state index in [9.17, 15) is 4.79 Å². The molecular formula is C14H17ClN4O. The maximum atomic E-state index is 12.3. The highest BCUT2D eigenvalue weighted by Crippen LogP contribution is 2.24. The average molecular weight is 293 g/mol. The van der Waals surface area contributed by atoms with Crippen LogP contribution >= 0.6 is 11.6 Å². The average Bonchev–Trinajstić information content (AvgIpc) is 3.01. The second-order valence-electron chi connectivity index (χ2n) is 5.15. The number of allylic oxidation sites excluding steroid dienone is 2. The van der Waals surface area contributed by atoms with E-state index >= 15 is 0 Å².